The summed E-state index contributed by atoms with van der Waals surface area (Å²) in [6.45, 7) is 0.403. The minimum atomic E-state index is -0.581. The van der Waals surface area contributed by atoms with Gasteiger partial charge < -0.3 is 4.90 Å². The quantitative estimate of drug-likeness (QED) is 0.640. The Kier molecular flexibility index (Phi) is 4.36. The Morgan fingerprint density at radius 3 is 2.80 bits per heavy atom. The van der Waals surface area contributed by atoms with Gasteiger partial charge in [-0.3, -0.25) is 14.9 Å². The highest BCUT2D eigenvalue weighted by molar-refractivity contribution is 7.09. The maximum absolute atomic E-state index is 12.3. The molecule has 0 atom stereocenters. The molecule has 0 aliphatic heterocycles. The number of rotatable bonds is 4. The summed E-state index contributed by atoms with van der Waals surface area (Å²) in [5.41, 5.74) is -0.237. The van der Waals surface area contributed by atoms with Crippen LogP contribution >= 0.6 is 22.9 Å². The molecule has 2 rings (SSSR count). The van der Waals surface area contributed by atoms with E-state index >= 15 is 0 Å². The Bertz CT molecular complexity index is 643. The van der Waals surface area contributed by atoms with Crippen molar-refractivity contribution >= 4 is 34.5 Å². The number of amides is 1. The summed E-state index contributed by atoms with van der Waals surface area (Å²) in [7, 11) is 1.60. The van der Waals surface area contributed by atoms with Crippen LogP contribution < -0.4 is 0 Å². The molecule has 1 amide bonds. The van der Waals surface area contributed by atoms with Gasteiger partial charge in [0.1, 0.15) is 5.56 Å². The fourth-order valence-electron chi connectivity index (χ4n) is 1.75. The van der Waals surface area contributed by atoms with Gasteiger partial charge in [0.05, 0.1) is 11.5 Å². The number of carbonyl (C=O) groups is 1. The van der Waals surface area contributed by atoms with E-state index < -0.39 is 10.8 Å². The van der Waals surface area contributed by atoms with Crippen molar-refractivity contribution in [1.29, 1.82) is 0 Å². The summed E-state index contributed by atoms with van der Waals surface area (Å²) in [6, 6.07) is 7.76. The Morgan fingerprint density at radius 1 is 1.45 bits per heavy atom. The third-order valence-corrected chi connectivity index (χ3v) is 3.80. The molecule has 1 heterocycles. The summed E-state index contributed by atoms with van der Waals surface area (Å²) >= 11 is 7.35. The molecular weight excluding hydrogens is 300 g/mol. The molecule has 1 aromatic carbocycles. The van der Waals surface area contributed by atoms with Gasteiger partial charge in [-0.1, -0.05) is 17.7 Å². The average Bonchev–Trinajstić information content (AvgIpc) is 2.90. The summed E-state index contributed by atoms with van der Waals surface area (Å²) in [5, 5.41) is 13.2. The van der Waals surface area contributed by atoms with E-state index in [1.807, 2.05) is 17.5 Å². The van der Waals surface area contributed by atoms with Gasteiger partial charge in [0.25, 0.3) is 11.6 Å². The first-order valence-corrected chi connectivity index (χ1v) is 6.96. The number of nitrogens with zero attached hydrogens (tertiary/aromatic N) is 2. The third kappa shape index (κ3) is 3.15. The predicted octanol–water partition coefficient (Wildman–Crippen LogP) is 3.58. The van der Waals surface area contributed by atoms with Gasteiger partial charge in [0.2, 0.25) is 0 Å². The van der Waals surface area contributed by atoms with E-state index in [1.54, 1.807) is 7.05 Å². The molecule has 0 radical (unpaired) electrons. The summed E-state index contributed by atoms with van der Waals surface area (Å²) < 4.78 is 0. The smallest absolute Gasteiger partial charge is 0.282 e. The second-order valence-electron chi connectivity index (χ2n) is 4.16. The molecule has 2 aromatic rings. The Hall–Kier alpha value is -1.92. The molecule has 1 aromatic heterocycles. The van der Waals surface area contributed by atoms with Crippen molar-refractivity contribution in [3.05, 3.63) is 61.3 Å². The van der Waals surface area contributed by atoms with Crippen molar-refractivity contribution in [2.75, 3.05) is 7.05 Å². The van der Waals surface area contributed by atoms with Crippen LogP contribution in [0.3, 0.4) is 0 Å². The predicted molar refractivity (Wildman–Crippen MR) is 78.2 cm³/mol. The number of nitro groups is 1. The van der Waals surface area contributed by atoms with Crippen LogP contribution in [0.25, 0.3) is 0 Å². The minimum absolute atomic E-state index is 0.00144. The summed E-state index contributed by atoms with van der Waals surface area (Å²) in [4.78, 5) is 25.1. The number of nitro benzene ring substituents is 1. The summed E-state index contributed by atoms with van der Waals surface area (Å²) in [5.74, 6) is -0.424. The highest BCUT2D eigenvalue weighted by Gasteiger charge is 2.23. The lowest BCUT2D eigenvalue weighted by Gasteiger charge is -2.16. The minimum Gasteiger partial charge on any atom is -0.336 e. The molecule has 5 nitrogen and oxygen atoms in total. The molecule has 0 saturated heterocycles. The molecule has 7 heteroatoms. The van der Waals surface area contributed by atoms with Gasteiger partial charge in [0, 0.05) is 23.0 Å². The number of benzene rings is 1. The fourth-order valence-corrected chi connectivity index (χ4v) is 2.68. The van der Waals surface area contributed by atoms with Gasteiger partial charge in [-0.2, -0.15) is 0 Å². The second kappa shape index (κ2) is 6.02. The lowest BCUT2D eigenvalue weighted by atomic mass is 10.1. The van der Waals surface area contributed by atoms with E-state index in [-0.39, 0.29) is 11.3 Å². The second-order valence-corrected chi connectivity index (χ2v) is 5.63. The molecular formula is C13H11ClN2O3S. The van der Waals surface area contributed by atoms with Crippen LogP contribution in [-0.4, -0.2) is 22.8 Å². The third-order valence-electron chi connectivity index (χ3n) is 2.71. The highest BCUT2D eigenvalue weighted by Crippen LogP contribution is 2.24. The SMILES string of the molecule is CN(Cc1cccs1)C(=O)c1cc(Cl)ccc1[N+](=O)[O-]. The summed E-state index contributed by atoms with van der Waals surface area (Å²) in [6.07, 6.45) is 0. The molecule has 0 aliphatic rings. The molecule has 0 N–H and O–H groups in total. The van der Waals surface area contributed by atoms with Crippen molar-refractivity contribution in [2.45, 2.75) is 6.54 Å². The number of halogens is 1. The molecule has 0 aliphatic carbocycles. The fraction of sp³-hybridized carbons (Fsp3) is 0.154. The van der Waals surface area contributed by atoms with Crippen molar-refractivity contribution in [3.8, 4) is 0 Å². The van der Waals surface area contributed by atoms with Gasteiger partial charge in [0.15, 0.2) is 0 Å². The molecule has 20 heavy (non-hydrogen) atoms. The van der Waals surface area contributed by atoms with Gasteiger partial charge in [-0.25, -0.2) is 0 Å². The van der Waals surface area contributed by atoms with Crippen molar-refractivity contribution in [3.63, 3.8) is 0 Å². The van der Waals surface area contributed by atoms with Gasteiger partial charge >= 0.3 is 0 Å². The van der Waals surface area contributed by atoms with Crippen molar-refractivity contribution in [1.82, 2.24) is 4.90 Å². The first-order chi connectivity index (χ1) is 9.49. The molecule has 0 fully saturated rings. The Labute approximate surface area is 124 Å². The van der Waals surface area contributed by atoms with E-state index in [0.717, 1.165) is 4.88 Å². The zero-order chi connectivity index (χ0) is 14.7. The standard InChI is InChI=1S/C13H11ClN2O3S/c1-15(8-10-3-2-6-20-10)13(17)11-7-9(14)4-5-12(11)16(18)19/h2-7H,8H2,1H3. The number of hydrogen-bond donors (Lipinski definition) is 0. The maximum atomic E-state index is 12.3. The largest absolute Gasteiger partial charge is 0.336 e. The lowest BCUT2D eigenvalue weighted by molar-refractivity contribution is -0.385. The maximum Gasteiger partial charge on any atom is 0.282 e. The average molecular weight is 311 g/mol. The number of carbonyl (C=O) groups excluding carboxylic acids is 1. The van der Waals surface area contributed by atoms with E-state index in [4.69, 9.17) is 11.6 Å². The first-order valence-electron chi connectivity index (χ1n) is 5.71. The number of thiophene rings is 1. The lowest BCUT2D eigenvalue weighted by Crippen LogP contribution is -2.26. The van der Waals surface area contributed by atoms with Crippen LogP contribution in [-0.2, 0) is 6.54 Å². The van der Waals surface area contributed by atoms with E-state index in [9.17, 15) is 14.9 Å². The first kappa shape index (κ1) is 14.5. The van der Waals surface area contributed by atoms with Gasteiger partial charge in [-0.15, -0.1) is 11.3 Å². The Morgan fingerprint density at radius 2 is 2.20 bits per heavy atom. The van der Waals surface area contributed by atoms with Crippen LogP contribution in [0.5, 0.6) is 0 Å². The molecule has 0 spiro atoms. The van der Waals surface area contributed by atoms with Crippen LogP contribution in [0.15, 0.2) is 35.7 Å². The monoisotopic (exact) mass is 310 g/mol. The van der Waals surface area contributed by atoms with Crippen molar-refractivity contribution < 1.29 is 9.72 Å². The van der Waals surface area contributed by atoms with E-state index in [1.165, 1.54) is 34.4 Å². The normalized spacial score (nSPS) is 10.3. The highest BCUT2D eigenvalue weighted by atomic mass is 35.5. The van der Waals surface area contributed by atoms with Crippen LogP contribution in [0.2, 0.25) is 5.02 Å². The zero-order valence-electron chi connectivity index (χ0n) is 10.6. The molecule has 104 valence electrons. The Balaban J connectivity index is 2.28. The van der Waals surface area contributed by atoms with E-state index in [0.29, 0.717) is 11.6 Å². The molecule has 0 bridgehead atoms. The van der Waals surface area contributed by atoms with Crippen LogP contribution in [0.1, 0.15) is 15.2 Å². The topological polar surface area (TPSA) is 63.5 Å². The van der Waals surface area contributed by atoms with E-state index in [2.05, 4.69) is 0 Å². The molecule has 0 unspecified atom stereocenters. The number of hydrogen-bond acceptors (Lipinski definition) is 4. The van der Waals surface area contributed by atoms with Crippen LogP contribution in [0.4, 0.5) is 5.69 Å². The zero-order valence-corrected chi connectivity index (χ0v) is 12.1. The van der Waals surface area contributed by atoms with Crippen LogP contribution in [0, 0.1) is 10.1 Å². The van der Waals surface area contributed by atoms with Gasteiger partial charge in [-0.05, 0) is 23.6 Å². The molecule has 0 saturated carbocycles. The van der Waals surface area contributed by atoms with Crippen molar-refractivity contribution in [2.24, 2.45) is 0 Å².